The van der Waals surface area contributed by atoms with Gasteiger partial charge in [-0.05, 0) is 24.3 Å². The van der Waals surface area contributed by atoms with Crippen molar-refractivity contribution in [3.8, 4) is 0 Å². The third-order valence-corrected chi connectivity index (χ3v) is 2.31. The second-order valence-corrected chi connectivity index (χ2v) is 3.51. The fourth-order valence-electron chi connectivity index (χ4n) is 1.33. The van der Waals surface area contributed by atoms with Gasteiger partial charge in [0.1, 0.15) is 5.58 Å². The summed E-state index contributed by atoms with van der Waals surface area (Å²) >= 11 is 5.81. The van der Waals surface area contributed by atoms with Crippen molar-refractivity contribution in [2.45, 2.75) is 13.3 Å². The van der Waals surface area contributed by atoms with Crippen LogP contribution in [0, 0.1) is 0 Å². The number of halogens is 1. The molecule has 0 aliphatic rings. The molecule has 72 valence electrons. The molecule has 1 aromatic carbocycles. The molecule has 2 aromatic rings. The third kappa shape index (κ3) is 1.53. The predicted molar refractivity (Wildman–Crippen MR) is 55.8 cm³/mol. The molecule has 1 aromatic heterocycles. The SMILES string of the molecule is CCC(=O)c1cc2cc(Cl)ccc2o1. The van der Waals surface area contributed by atoms with Crippen molar-refractivity contribution in [3.63, 3.8) is 0 Å². The number of ketones is 1. The maximum Gasteiger partial charge on any atom is 0.197 e. The fourth-order valence-corrected chi connectivity index (χ4v) is 1.51. The lowest BCUT2D eigenvalue weighted by molar-refractivity contribution is 0.0963. The first kappa shape index (κ1) is 9.28. The lowest BCUT2D eigenvalue weighted by Gasteiger charge is -1.88. The number of hydrogen-bond donors (Lipinski definition) is 0. The zero-order valence-corrected chi connectivity index (χ0v) is 8.47. The first-order chi connectivity index (χ1) is 6.70. The van der Waals surface area contributed by atoms with Crippen LogP contribution < -0.4 is 0 Å². The van der Waals surface area contributed by atoms with E-state index < -0.39 is 0 Å². The molecule has 0 aliphatic heterocycles. The van der Waals surface area contributed by atoms with Crippen molar-refractivity contribution in [2.75, 3.05) is 0 Å². The zero-order chi connectivity index (χ0) is 10.1. The van der Waals surface area contributed by atoms with Crippen LogP contribution in [-0.4, -0.2) is 5.78 Å². The summed E-state index contributed by atoms with van der Waals surface area (Å²) in [5.74, 6) is 0.419. The number of rotatable bonds is 2. The summed E-state index contributed by atoms with van der Waals surface area (Å²) < 4.78 is 5.37. The standard InChI is InChI=1S/C11H9ClO2/c1-2-9(13)11-6-7-5-8(12)3-4-10(7)14-11/h3-6H,2H2,1H3. The maximum atomic E-state index is 11.3. The number of fused-ring (bicyclic) bond motifs is 1. The van der Waals surface area contributed by atoms with E-state index in [1.54, 1.807) is 24.3 Å². The molecule has 0 amide bonds. The van der Waals surface area contributed by atoms with E-state index in [2.05, 4.69) is 0 Å². The van der Waals surface area contributed by atoms with Crippen LogP contribution in [0.3, 0.4) is 0 Å². The molecule has 0 bridgehead atoms. The lowest BCUT2D eigenvalue weighted by Crippen LogP contribution is -1.92. The summed E-state index contributed by atoms with van der Waals surface area (Å²) in [5, 5.41) is 1.52. The molecule has 0 atom stereocenters. The van der Waals surface area contributed by atoms with Crippen LogP contribution in [-0.2, 0) is 0 Å². The van der Waals surface area contributed by atoms with Gasteiger partial charge >= 0.3 is 0 Å². The Morgan fingerprint density at radius 3 is 2.93 bits per heavy atom. The zero-order valence-electron chi connectivity index (χ0n) is 7.71. The second-order valence-electron chi connectivity index (χ2n) is 3.07. The van der Waals surface area contributed by atoms with Crippen molar-refractivity contribution < 1.29 is 9.21 Å². The highest BCUT2D eigenvalue weighted by Gasteiger charge is 2.09. The van der Waals surface area contributed by atoms with Crippen LogP contribution in [0.25, 0.3) is 11.0 Å². The topological polar surface area (TPSA) is 30.2 Å². The minimum Gasteiger partial charge on any atom is -0.453 e. The highest BCUT2D eigenvalue weighted by atomic mass is 35.5. The Morgan fingerprint density at radius 2 is 2.21 bits per heavy atom. The summed E-state index contributed by atoms with van der Waals surface area (Å²) in [6.45, 7) is 1.81. The van der Waals surface area contributed by atoms with Crippen LogP contribution >= 0.6 is 11.6 Å². The molecule has 0 spiro atoms. The van der Waals surface area contributed by atoms with E-state index in [0.717, 1.165) is 5.39 Å². The molecule has 0 aliphatic carbocycles. The van der Waals surface area contributed by atoms with Crippen LogP contribution in [0.5, 0.6) is 0 Å². The lowest BCUT2D eigenvalue weighted by atomic mass is 10.2. The molecular weight excluding hydrogens is 200 g/mol. The van der Waals surface area contributed by atoms with Gasteiger partial charge in [-0.25, -0.2) is 0 Å². The second kappa shape index (κ2) is 3.46. The van der Waals surface area contributed by atoms with Crippen LogP contribution in [0.4, 0.5) is 0 Å². The van der Waals surface area contributed by atoms with E-state index in [-0.39, 0.29) is 5.78 Å². The van der Waals surface area contributed by atoms with E-state index >= 15 is 0 Å². The molecule has 2 nitrogen and oxygen atoms in total. The van der Waals surface area contributed by atoms with Gasteiger partial charge in [0.05, 0.1) is 0 Å². The molecule has 2 rings (SSSR count). The number of carbonyl (C=O) groups excluding carboxylic acids is 1. The quantitative estimate of drug-likeness (QED) is 0.705. The Balaban J connectivity index is 2.56. The Labute approximate surface area is 86.5 Å². The number of Topliss-reactive ketones (excluding diaryl/α,β-unsaturated/α-hetero) is 1. The minimum absolute atomic E-state index is 0.0114. The molecule has 0 N–H and O–H groups in total. The van der Waals surface area contributed by atoms with E-state index in [1.807, 2.05) is 6.92 Å². The van der Waals surface area contributed by atoms with Gasteiger partial charge in [-0.2, -0.15) is 0 Å². The third-order valence-electron chi connectivity index (χ3n) is 2.07. The minimum atomic E-state index is 0.0114. The normalized spacial score (nSPS) is 10.7. The van der Waals surface area contributed by atoms with Crippen molar-refractivity contribution in [3.05, 3.63) is 35.0 Å². The molecule has 0 saturated carbocycles. The van der Waals surface area contributed by atoms with Crippen molar-refractivity contribution in [2.24, 2.45) is 0 Å². The van der Waals surface area contributed by atoms with Crippen LogP contribution in [0.2, 0.25) is 5.02 Å². The number of carbonyl (C=O) groups is 1. The van der Waals surface area contributed by atoms with Gasteiger partial charge in [0.15, 0.2) is 11.5 Å². The van der Waals surface area contributed by atoms with E-state index in [0.29, 0.717) is 22.8 Å². The van der Waals surface area contributed by atoms with Crippen molar-refractivity contribution in [1.82, 2.24) is 0 Å². The van der Waals surface area contributed by atoms with E-state index in [4.69, 9.17) is 16.0 Å². The fraction of sp³-hybridized carbons (Fsp3) is 0.182. The van der Waals surface area contributed by atoms with E-state index in [9.17, 15) is 4.79 Å². The Kier molecular flexibility index (Phi) is 2.30. The van der Waals surface area contributed by atoms with Gasteiger partial charge in [0.2, 0.25) is 0 Å². The van der Waals surface area contributed by atoms with E-state index in [1.165, 1.54) is 0 Å². The molecule has 0 saturated heterocycles. The highest BCUT2D eigenvalue weighted by molar-refractivity contribution is 6.31. The molecule has 0 fully saturated rings. The monoisotopic (exact) mass is 208 g/mol. The van der Waals surface area contributed by atoms with Gasteiger partial charge in [-0.1, -0.05) is 18.5 Å². The van der Waals surface area contributed by atoms with Gasteiger partial charge in [-0.3, -0.25) is 4.79 Å². The molecule has 3 heteroatoms. The molecule has 0 radical (unpaired) electrons. The number of hydrogen-bond acceptors (Lipinski definition) is 2. The average Bonchev–Trinajstić information content (AvgIpc) is 2.59. The van der Waals surface area contributed by atoms with Crippen LogP contribution in [0.1, 0.15) is 23.9 Å². The summed E-state index contributed by atoms with van der Waals surface area (Å²) in [7, 11) is 0. The summed E-state index contributed by atoms with van der Waals surface area (Å²) in [4.78, 5) is 11.3. The summed E-state index contributed by atoms with van der Waals surface area (Å²) in [6, 6.07) is 7.03. The first-order valence-electron chi connectivity index (χ1n) is 4.43. The Hall–Kier alpha value is -1.28. The number of benzene rings is 1. The smallest absolute Gasteiger partial charge is 0.197 e. The van der Waals surface area contributed by atoms with Gasteiger partial charge in [0.25, 0.3) is 0 Å². The van der Waals surface area contributed by atoms with Crippen molar-refractivity contribution >= 4 is 28.4 Å². The summed E-state index contributed by atoms with van der Waals surface area (Å²) in [5.41, 5.74) is 0.700. The summed E-state index contributed by atoms with van der Waals surface area (Å²) in [6.07, 6.45) is 0.452. The largest absolute Gasteiger partial charge is 0.453 e. The molecular formula is C11H9ClO2. The molecule has 14 heavy (non-hydrogen) atoms. The molecule has 0 unspecified atom stereocenters. The Morgan fingerprint density at radius 1 is 1.43 bits per heavy atom. The maximum absolute atomic E-state index is 11.3. The van der Waals surface area contributed by atoms with Gasteiger partial charge in [-0.15, -0.1) is 0 Å². The first-order valence-corrected chi connectivity index (χ1v) is 4.81. The Bertz CT molecular complexity index is 485. The van der Waals surface area contributed by atoms with Crippen LogP contribution in [0.15, 0.2) is 28.7 Å². The van der Waals surface area contributed by atoms with Gasteiger partial charge < -0.3 is 4.42 Å². The highest BCUT2D eigenvalue weighted by Crippen LogP contribution is 2.23. The van der Waals surface area contributed by atoms with Crippen molar-refractivity contribution in [1.29, 1.82) is 0 Å². The predicted octanol–water partition coefficient (Wildman–Crippen LogP) is 3.68. The number of furan rings is 1. The molecule has 1 heterocycles. The van der Waals surface area contributed by atoms with Gasteiger partial charge in [0, 0.05) is 16.8 Å². The average molecular weight is 209 g/mol.